The zero-order valence-corrected chi connectivity index (χ0v) is 11.0. The van der Waals surface area contributed by atoms with Crippen LogP contribution in [0.25, 0.3) is 0 Å². The topological polar surface area (TPSA) is 52.6 Å². The number of para-hydroxylation sites is 1. The van der Waals surface area contributed by atoms with E-state index in [0.717, 1.165) is 0 Å². The first-order valence-electron chi connectivity index (χ1n) is 6.11. The highest BCUT2D eigenvalue weighted by atomic mass is 16.6. The van der Waals surface area contributed by atoms with Gasteiger partial charge in [0.15, 0.2) is 5.78 Å². The zero-order chi connectivity index (χ0) is 14.4. The smallest absolute Gasteiger partial charge is 0.337 e. The van der Waals surface area contributed by atoms with Crippen LogP contribution in [0.5, 0.6) is 5.75 Å². The number of rotatable bonds is 5. The van der Waals surface area contributed by atoms with Gasteiger partial charge in [0.1, 0.15) is 12.4 Å². The molecule has 0 unspecified atom stereocenters. The van der Waals surface area contributed by atoms with Crippen LogP contribution in [0.2, 0.25) is 0 Å². The first kappa shape index (κ1) is 14.0. The second-order valence-electron chi connectivity index (χ2n) is 4.10. The van der Waals surface area contributed by atoms with E-state index in [1.807, 2.05) is 6.07 Å². The highest BCUT2D eigenvalue weighted by molar-refractivity contribution is 6.10. The van der Waals surface area contributed by atoms with Crippen LogP contribution in [-0.2, 0) is 9.53 Å². The van der Waals surface area contributed by atoms with Gasteiger partial charge in [-0.3, -0.25) is 4.79 Å². The van der Waals surface area contributed by atoms with Gasteiger partial charge < -0.3 is 9.47 Å². The van der Waals surface area contributed by atoms with Gasteiger partial charge >= 0.3 is 5.97 Å². The molecule has 4 nitrogen and oxygen atoms in total. The van der Waals surface area contributed by atoms with E-state index in [0.29, 0.717) is 11.1 Å². The van der Waals surface area contributed by atoms with E-state index < -0.39 is 5.97 Å². The number of benzene rings is 2. The summed E-state index contributed by atoms with van der Waals surface area (Å²) in [6.45, 7) is -0.159. The molecule has 0 aromatic heterocycles. The minimum absolute atomic E-state index is 0.159. The van der Waals surface area contributed by atoms with Gasteiger partial charge in [-0.15, -0.1) is 0 Å². The van der Waals surface area contributed by atoms with Gasteiger partial charge in [-0.1, -0.05) is 42.5 Å². The molecule has 2 rings (SSSR count). The van der Waals surface area contributed by atoms with Crippen LogP contribution >= 0.6 is 0 Å². The molecule has 0 N–H and O–H groups in total. The van der Waals surface area contributed by atoms with E-state index in [1.54, 1.807) is 48.5 Å². The van der Waals surface area contributed by atoms with E-state index in [-0.39, 0.29) is 18.1 Å². The summed E-state index contributed by atoms with van der Waals surface area (Å²) in [7, 11) is 1.41. The number of hydrogen-bond acceptors (Lipinski definition) is 4. The lowest BCUT2D eigenvalue weighted by atomic mass is 10.0. The molecule has 2 aromatic rings. The molecule has 0 heterocycles. The lowest BCUT2D eigenvalue weighted by Crippen LogP contribution is -2.16. The van der Waals surface area contributed by atoms with Crippen molar-refractivity contribution >= 4 is 11.8 Å². The SMILES string of the molecule is COCC(=O)Oc1ccccc1C(=O)c1ccccc1. The summed E-state index contributed by atoms with van der Waals surface area (Å²) in [5.41, 5.74) is 0.894. The quantitative estimate of drug-likeness (QED) is 0.476. The molecule has 0 aliphatic rings. The Morgan fingerprint density at radius 3 is 2.30 bits per heavy atom. The van der Waals surface area contributed by atoms with Crippen molar-refractivity contribution in [1.82, 2.24) is 0 Å². The summed E-state index contributed by atoms with van der Waals surface area (Å²) in [5.74, 6) is -0.490. The van der Waals surface area contributed by atoms with Gasteiger partial charge in [0.2, 0.25) is 0 Å². The Morgan fingerprint density at radius 1 is 0.950 bits per heavy atom. The number of ether oxygens (including phenoxy) is 2. The van der Waals surface area contributed by atoms with E-state index in [4.69, 9.17) is 9.47 Å². The summed E-state index contributed by atoms with van der Waals surface area (Å²) in [6.07, 6.45) is 0. The molecule has 0 fully saturated rings. The third kappa shape index (κ3) is 3.30. The van der Waals surface area contributed by atoms with Crippen molar-refractivity contribution in [1.29, 1.82) is 0 Å². The standard InChI is InChI=1S/C16H14O4/c1-19-11-15(17)20-14-10-6-5-9-13(14)16(18)12-7-3-2-4-8-12/h2-10H,11H2,1H3. The molecule has 0 spiro atoms. The molecule has 0 atom stereocenters. The van der Waals surface area contributed by atoms with Crippen LogP contribution in [0, 0.1) is 0 Å². The molecule has 0 aliphatic heterocycles. The second kappa shape index (κ2) is 6.63. The Hall–Kier alpha value is -2.46. The van der Waals surface area contributed by atoms with E-state index >= 15 is 0 Å². The Bertz CT molecular complexity index is 605. The zero-order valence-electron chi connectivity index (χ0n) is 11.0. The van der Waals surface area contributed by atoms with Crippen molar-refractivity contribution in [3.8, 4) is 5.75 Å². The summed E-state index contributed by atoms with van der Waals surface area (Å²) in [6, 6.07) is 15.5. The van der Waals surface area contributed by atoms with Gasteiger partial charge in [0, 0.05) is 12.7 Å². The minimum Gasteiger partial charge on any atom is -0.424 e. The highest BCUT2D eigenvalue weighted by Crippen LogP contribution is 2.21. The van der Waals surface area contributed by atoms with E-state index in [2.05, 4.69) is 0 Å². The minimum atomic E-state index is -0.541. The third-order valence-corrected chi connectivity index (χ3v) is 2.65. The van der Waals surface area contributed by atoms with Crippen LogP contribution < -0.4 is 4.74 Å². The summed E-state index contributed by atoms with van der Waals surface area (Å²) >= 11 is 0. The number of methoxy groups -OCH3 is 1. The first-order valence-corrected chi connectivity index (χ1v) is 6.11. The van der Waals surface area contributed by atoms with Gasteiger partial charge in [-0.2, -0.15) is 0 Å². The normalized spacial score (nSPS) is 10.1. The largest absolute Gasteiger partial charge is 0.424 e. The predicted octanol–water partition coefficient (Wildman–Crippen LogP) is 2.47. The molecular formula is C16H14O4. The van der Waals surface area contributed by atoms with Crippen LogP contribution in [0.15, 0.2) is 54.6 Å². The van der Waals surface area contributed by atoms with Crippen LogP contribution in [0.4, 0.5) is 0 Å². The van der Waals surface area contributed by atoms with Crippen molar-refractivity contribution in [2.75, 3.05) is 13.7 Å². The molecule has 20 heavy (non-hydrogen) atoms. The van der Waals surface area contributed by atoms with Crippen molar-refractivity contribution in [2.24, 2.45) is 0 Å². The molecule has 0 bridgehead atoms. The van der Waals surface area contributed by atoms with Crippen LogP contribution in [-0.4, -0.2) is 25.5 Å². The van der Waals surface area contributed by atoms with Gasteiger partial charge in [-0.25, -0.2) is 4.79 Å². The fourth-order valence-corrected chi connectivity index (χ4v) is 1.76. The first-order chi connectivity index (χ1) is 9.72. The maximum absolute atomic E-state index is 12.4. The van der Waals surface area contributed by atoms with Gasteiger partial charge in [-0.05, 0) is 12.1 Å². The van der Waals surface area contributed by atoms with Crippen molar-refractivity contribution in [3.63, 3.8) is 0 Å². The molecule has 0 amide bonds. The van der Waals surface area contributed by atoms with Crippen LogP contribution in [0.1, 0.15) is 15.9 Å². The van der Waals surface area contributed by atoms with E-state index in [1.165, 1.54) is 7.11 Å². The van der Waals surface area contributed by atoms with Crippen molar-refractivity contribution < 1.29 is 19.1 Å². The molecule has 4 heteroatoms. The van der Waals surface area contributed by atoms with Crippen molar-refractivity contribution in [2.45, 2.75) is 0 Å². The lowest BCUT2D eigenvalue weighted by molar-refractivity contribution is -0.138. The monoisotopic (exact) mass is 270 g/mol. The molecular weight excluding hydrogens is 256 g/mol. The molecule has 102 valence electrons. The molecule has 0 saturated carbocycles. The molecule has 0 radical (unpaired) electrons. The average molecular weight is 270 g/mol. The fraction of sp³-hybridized carbons (Fsp3) is 0.125. The third-order valence-electron chi connectivity index (χ3n) is 2.65. The Labute approximate surface area is 116 Å². The second-order valence-corrected chi connectivity index (χ2v) is 4.10. The lowest BCUT2D eigenvalue weighted by Gasteiger charge is -2.09. The fourth-order valence-electron chi connectivity index (χ4n) is 1.76. The number of carbonyl (C=O) groups is 2. The highest BCUT2D eigenvalue weighted by Gasteiger charge is 2.16. The summed E-state index contributed by atoms with van der Waals surface area (Å²) in [4.78, 5) is 23.8. The Morgan fingerprint density at radius 2 is 1.60 bits per heavy atom. The number of hydrogen-bond donors (Lipinski definition) is 0. The van der Waals surface area contributed by atoms with Crippen molar-refractivity contribution in [3.05, 3.63) is 65.7 Å². The Kier molecular flexibility index (Phi) is 4.63. The maximum Gasteiger partial charge on any atom is 0.337 e. The predicted molar refractivity (Wildman–Crippen MR) is 73.8 cm³/mol. The molecule has 0 aliphatic carbocycles. The number of ketones is 1. The average Bonchev–Trinajstić information content (AvgIpc) is 2.48. The van der Waals surface area contributed by atoms with Crippen LogP contribution in [0.3, 0.4) is 0 Å². The summed E-state index contributed by atoms with van der Waals surface area (Å²) in [5, 5.41) is 0. The summed E-state index contributed by atoms with van der Waals surface area (Å²) < 4.78 is 9.85. The molecule has 2 aromatic carbocycles. The Balaban J connectivity index is 2.28. The number of carbonyl (C=O) groups excluding carboxylic acids is 2. The van der Waals surface area contributed by atoms with E-state index in [9.17, 15) is 9.59 Å². The van der Waals surface area contributed by atoms with Gasteiger partial charge in [0.05, 0.1) is 5.56 Å². The number of esters is 1. The maximum atomic E-state index is 12.4. The molecule has 0 saturated heterocycles. The van der Waals surface area contributed by atoms with Gasteiger partial charge in [0.25, 0.3) is 0 Å².